The van der Waals surface area contributed by atoms with Crippen molar-refractivity contribution in [2.24, 2.45) is 0 Å². The lowest BCUT2D eigenvalue weighted by molar-refractivity contribution is 0.185. The van der Waals surface area contributed by atoms with E-state index in [1.807, 2.05) is 36.4 Å². The van der Waals surface area contributed by atoms with E-state index >= 15 is 0 Å². The number of anilines is 1. The number of urea groups is 1. The summed E-state index contributed by atoms with van der Waals surface area (Å²) in [7, 11) is 1.67. The minimum absolute atomic E-state index is 0.148. The number of ether oxygens (including phenoxy) is 1. The van der Waals surface area contributed by atoms with Crippen molar-refractivity contribution in [1.82, 2.24) is 10.2 Å². The Morgan fingerprint density at radius 2 is 1.70 bits per heavy atom. The van der Waals surface area contributed by atoms with Crippen LogP contribution in [0.5, 0.6) is 0 Å². The van der Waals surface area contributed by atoms with Crippen LogP contribution in [0.3, 0.4) is 0 Å². The molecule has 0 aliphatic carbocycles. The second-order valence-electron chi connectivity index (χ2n) is 6.91. The number of rotatable bonds is 6. The molecule has 1 fully saturated rings. The molecule has 3 rings (SSSR count). The number of nitrogens with one attached hydrogen (secondary N) is 2. The van der Waals surface area contributed by atoms with Crippen LogP contribution < -0.4 is 10.6 Å². The third-order valence-electron chi connectivity index (χ3n) is 4.77. The van der Waals surface area contributed by atoms with Crippen LogP contribution in [-0.4, -0.2) is 37.2 Å². The Labute approximate surface area is 165 Å². The van der Waals surface area contributed by atoms with E-state index in [4.69, 9.17) is 16.3 Å². The lowest BCUT2D eigenvalue weighted by Crippen LogP contribution is -2.45. The summed E-state index contributed by atoms with van der Waals surface area (Å²) in [4.78, 5) is 14.6. The molecule has 0 atom stereocenters. The zero-order valence-corrected chi connectivity index (χ0v) is 16.3. The monoisotopic (exact) mass is 387 g/mol. The van der Waals surface area contributed by atoms with Gasteiger partial charge in [0.2, 0.25) is 0 Å². The van der Waals surface area contributed by atoms with E-state index in [1.54, 1.807) is 7.11 Å². The van der Waals surface area contributed by atoms with Crippen LogP contribution in [0, 0.1) is 0 Å². The Morgan fingerprint density at radius 3 is 2.33 bits per heavy atom. The third kappa shape index (κ3) is 6.24. The zero-order valence-electron chi connectivity index (χ0n) is 15.6. The fraction of sp³-hybridized carbons (Fsp3) is 0.381. The van der Waals surface area contributed by atoms with Crippen LogP contribution >= 0.6 is 11.6 Å². The number of nitrogens with zero attached hydrogens (tertiary/aromatic N) is 1. The lowest BCUT2D eigenvalue weighted by Gasteiger charge is -2.32. The van der Waals surface area contributed by atoms with Gasteiger partial charge in [-0.2, -0.15) is 0 Å². The Bertz CT molecular complexity index is 726. The molecule has 2 aromatic carbocycles. The molecule has 1 heterocycles. The molecule has 0 aromatic heterocycles. The molecule has 6 heteroatoms. The molecule has 0 bridgehead atoms. The molecule has 0 radical (unpaired) electrons. The maximum absolute atomic E-state index is 12.2. The summed E-state index contributed by atoms with van der Waals surface area (Å²) in [5.41, 5.74) is 3.13. The SMILES string of the molecule is COCc1ccc(NC(=O)NC2CCN(Cc3ccc(Cl)cc3)CC2)cc1. The normalized spacial score (nSPS) is 15.5. The summed E-state index contributed by atoms with van der Waals surface area (Å²) < 4.78 is 5.09. The molecule has 0 unspecified atom stereocenters. The highest BCUT2D eigenvalue weighted by Gasteiger charge is 2.20. The molecular weight excluding hydrogens is 362 g/mol. The number of carbonyl (C=O) groups is 1. The summed E-state index contributed by atoms with van der Waals surface area (Å²) in [5, 5.41) is 6.74. The number of likely N-dealkylation sites (tertiary alicyclic amines) is 1. The highest BCUT2D eigenvalue weighted by atomic mass is 35.5. The van der Waals surface area contributed by atoms with Crippen molar-refractivity contribution in [3.05, 3.63) is 64.7 Å². The van der Waals surface area contributed by atoms with Gasteiger partial charge in [0.25, 0.3) is 0 Å². The number of halogens is 1. The highest BCUT2D eigenvalue weighted by Crippen LogP contribution is 2.16. The van der Waals surface area contributed by atoms with Crippen molar-refractivity contribution in [2.45, 2.75) is 32.0 Å². The second-order valence-corrected chi connectivity index (χ2v) is 7.34. The summed E-state index contributed by atoms with van der Waals surface area (Å²) in [5.74, 6) is 0. The van der Waals surface area contributed by atoms with E-state index < -0.39 is 0 Å². The molecule has 2 amide bonds. The molecule has 2 aromatic rings. The van der Waals surface area contributed by atoms with Gasteiger partial charge >= 0.3 is 6.03 Å². The molecule has 1 aliphatic rings. The summed E-state index contributed by atoms with van der Waals surface area (Å²) in [6.45, 7) is 3.43. The number of hydrogen-bond acceptors (Lipinski definition) is 3. The number of amides is 2. The van der Waals surface area contributed by atoms with Crippen LogP contribution in [-0.2, 0) is 17.9 Å². The van der Waals surface area contributed by atoms with E-state index in [1.165, 1.54) is 5.56 Å². The van der Waals surface area contributed by atoms with Gasteiger partial charge in [0, 0.05) is 43.5 Å². The van der Waals surface area contributed by atoms with Crippen LogP contribution in [0.25, 0.3) is 0 Å². The van der Waals surface area contributed by atoms with Gasteiger partial charge in [-0.15, -0.1) is 0 Å². The van der Waals surface area contributed by atoms with Gasteiger partial charge in [0.1, 0.15) is 0 Å². The fourth-order valence-electron chi connectivity index (χ4n) is 3.29. The quantitative estimate of drug-likeness (QED) is 0.778. The lowest BCUT2D eigenvalue weighted by atomic mass is 10.0. The number of piperidine rings is 1. The molecule has 0 spiro atoms. The van der Waals surface area contributed by atoms with Crippen molar-refractivity contribution in [1.29, 1.82) is 0 Å². The van der Waals surface area contributed by atoms with Crippen LogP contribution in [0.2, 0.25) is 5.02 Å². The van der Waals surface area contributed by atoms with E-state index in [0.717, 1.165) is 48.7 Å². The van der Waals surface area contributed by atoms with Gasteiger partial charge in [-0.3, -0.25) is 4.90 Å². The topological polar surface area (TPSA) is 53.6 Å². The minimum Gasteiger partial charge on any atom is -0.380 e. The summed E-state index contributed by atoms with van der Waals surface area (Å²) >= 11 is 5.94. The van der Waals surface area contributed by atoms with Crippen molar-refractivity contribution in [3.63, 3.8) is 0 Å². The van der Waals surface area contributed by atoms with Gasteiger partial charge in [-0.05, 0) is 48.2 Å². The zero-order chi connectivity index (χ0) is 19.1. The molecule has 144 valence electrons. The van der Waals surface area contributed by atoms with E-state index in [2.05, 4.69) is 27.7 Å². The third-order valence-corrected chi connectivity index (χ3v) is 5.02. The first kappa shape index (κ1) is 19.7. The Kier molecular flexibility index (Phi) is 7.10. The first-order valence-electron chi connectivity index (χ1n) is 9.24. The summed E-state index contributed by atoms with van der Waals surface area (Å²) in [6, 6.07) is 15.7. The van der Waals surface area contributed by atoms with Crippen LogP contribution in [0.15, 0.2) is 48.5 Å². The Morgan fingerprint density at radius 1 is 1.07 bits per heavy atom. The smallest absolute Gasteiger partial charge is 0.319 e. The highest BCUT2D eigenvalue weighted by molar-refractivity contribution is 6.30. The van der Waals surface area contributed by atoms with Crippen LogP contribution in [0.1, 0.15) is 24.0 Å². The number of carbonyl (C=O) groups excluding carboxylic acids is 1. The first-order valence-corrected chi connectivity index (χ1v) is 9.62. The number of benzene rings is 2. The van der Waals surface area contributed by atoms with E-state index in [9.17, 15) is 4.79 Å². The molecule has 1 aliphatic heterocycles. The maximum atomic E-state index is 12.2. The summed E-state index contributed by atoms with van der Waals surface area (Å²) in [6.07, 6.45) is 1.90. The average Bonchev–Trinajstić information content (AvgIpc) is 2.67. The maximum Gasteiger partial charge on any atom is 0.319 e. The standard InChI is InChI=1S/C21H26ClN3O2/c1-27-15-17-4-8-19(9-5-17)23-21(26)24-20-10-12-25(13-11-20)14-16-2-6-18(22)7-3-16/h2-9,20H,10-15H2,1H3,(H2,23,24,26). The number of hydrogen-bond donors (Lipinski definition) is 2. The molecular formula is C21H26ClN3O2. The fourth-order valence-corrected chi connectivity index (χ4v) is 3.41. The van der Waals surface area contributed by atoms with Gasteiger partial charge in [-0.1, -0.05) is 35.9 Å². The van der Waals surface area contributed by atoms with Gasteiger partial charge in [0.05, 0.1) is 6.61 Å². The van der Waals surface area contributed by atoms with Crippen molar-refractivity contribution < 1.29 is 9.53 Å². The minimum atomic E-state index is -0.148. The van der Waals surface area contributed by atoms with Gasteiger partial charge in [-0.25, -0.2) is 4.79 Å². The van der Waals surface area contributed by atoms with E-state index in [0.29, 0.717) is 6.61 Å². The van der Waals surface area contributed by atoms with Gasteiger partial charge in [0.15, 0.2) is 0 Å². The molecule has 2 N–H and O–H groups in total. The average molecular weight is 388 g/mol. The molecule has 1 saturated heterocycles. The molecule has 27 heavy (non-hydrogen) atoms. The van der Waals surface area contributed by atoms with Crippen molar-refractivity contribution in [3.8, 4) is 0 Å². The first-order chi connectivity index (χ1) is 13.1. The Balaban J connectivity index is 1.40. The van der Waals surface area contributed by atoms with Gasteiger partial charge < -0.3 is 15.4 Å². The van der Waals surface area contributed by atoms with Crippen molar-refractivity contribution in [2.75, 3.05) is 25.5 Å². The largest absolute Gasteiger partial charge is 0.380 e. The Hall–Kier alpha value is -2.08. The predicted molar refractivity (Wildman–Crippen MR) is 109 cm³/mol. The predicted octanol–water partition coefficient (Wildman–Crippen LogP) is 4.27. The van der Waals surface area contributed by atoms with Crippen molar-refractivity contribution >= 4 is 23.3 Å². The molecule has 0 saturated carbocycles. The number of methoxy groups -OCH3 is 1. The second kappa shape index (κ2) is 9.74. The molecule has 5 nitrogen and oxygen atoms in total. The van der Waals surface area contributed by atoms with Crippen LogP contribution in [0.4, 0.5) is 10.5 Å². The van der Waals surface area contributed by atoms with E-state index in [-0.39, 0.29) is 12.1 Å².